The van der Waals surface area contributed by atoms with Gasteiger partial charge in [0.15, 0.2) is 0 Å². The third-order valence-electron chi connectivity index (χ3n) is 3.35. The van der Waals surface area contributed by atoms with Crippen molar-refractivity contribution in [3.63, 3.8) is 0 Å². The van der Waals surface area contributed by atoms with Crippen molar-refractivity contribution >= 4 is 5.57 Å². The van der Waals surface area contributed by atoms with E-state index in [0.29, 0.717) is 0 Å². The standard InChI is InChI=1S/C15H20/c1-3-5-15(13-6-4-7-13)14-10-8-12(2)9-11-14/h5,8-11,13H,3-4,6-7H2,1-2H3/b15-5+. The normalized spacial score (nSPS) is 17.6. The smallest absolute Gasteiger partial charge is 0.0159 e. The van der Waals surface area contributed by atoms with Crippen LogP contribution in [-0.2, 0) is 0 Å². The molecule has 15 heavy (non-hydrogen) atoms. The van der Waals surface area contributed by atoms with E-state index in [0.717, 1.165) is 12.3 Å². The summed E-state index contributed by atoms with van der Waals surface area (Å²) >= 11 is 0. The first kappa shape index (κ1) is 10.5. The molecule has 0 unspecified atom stereocenters. The lowest BCUT2D eigenvalue weighted by Gasteiger charge is -2.28. The van der Waals surface area contributed by atoms with E-state index in [1.807, 2.05) is 0 Å². The molecule has 0 heteroatoms. The SMILES string of the molecule is CC/C=C(/c1ccc(C)cc1)C1CCC1. The highest BCUT2D eigenvalue weighted by molar-refractivity contribution is 5.68. The molecule has 0 N–H and O–H groups in total. The summed E-state index contributed by atoms with van der Waals surface area (Å²) in [4.78, 5) is 0. The van der Waals surface area contributed by atoms with Gasteiger partial charge in [0.1, 0.15) is 0 Å². The van der Waals surface area contributed by atoms with Gasteiger partial charge in [0, 0.05) is 0 Å². The van der Waals surface area contributed by atoms with Gasteiger partial charge in [0.05, 0.1) is 0 Å². The van der Waals surface area contributed by atoms with Gasteiger partial charge in [-0.05, 0) is 43.2 Å². The van der Waals surface area contributed by atoms with E-state index in [2.05, 4.69) is 44.2 Å². The first-order valence-electron chi connectivity index (χ1n) is 6.08. The van der Waals surface area contributed by atoms with Gasteiger partial charge in [-0.25, -0.2) is 0 Å². The van der Waals surface area contributed by atoms with Crippen LogP contribution in [0.3, 0.4) is 0 Å². The average molecular weight is 200 g/mol. The van der Waals surface area contributed by atoms with E-state index in [9.17, 15) is 0 Å². The summed E-state index contributed by atoms with van der Waals surface area (Å²) in [6.07, 6.45) is 7.76. The topological polar surface area (TPSA) is 0 Å². The van der Waals surface area contributed by atoms with E-state index in [1.165, 1.54) is 30.4 Å². The van der Waals surface area contributed by atoms with E-state index < -0.39 is 0 Å². The Labute approximate surface area is 93.0 Å². The second-order valence-corrected chi connectivity index (χ2v) is 4.56. The van der Waals surface area contributed by atoms with E-state index >= 15 is 0 Å². The molecule has 0 spiro atoms. The Balaban J connectivity index is 2.24. The van der Waals surface area contributed by atoms with Crippen molar-refractivity contribution in [1.29, 1.82) is 0 Å². The van der Waals surface area contributed by atoms with Crippen LogP contribution in [0.2, 0.25) is 0 Å². The van der Waals surface area contributed by atoms with Gasteiger partial charge in [-0.3, -0.25) is 0 Å². The zero-order chi connectivity index (χ0) is 10.7. The van der Waals surface area contributed by atoms with Crippen molar-refractivity contribution in [2.45, 2.75) is 39.5 Å². The lowest BCUT2D eigenvalue weighted by Crippen LogP contribution is -2.13. The second-order valence-electron chi connectivity index (χ2n) is 4.56. The predicted octanol–water partition coefficient (Wildman–Crippen LogP) is 4.59. The van der Waals surface area contributed by atoms with Crippen LogP contribution in [0.15, 0.2) is 30.3 Å². The zero-order valence-electron chi connectivity index (χ0n) is 9.79. The fraction of sp³-hybridized carbons (Fsp3) is 0.467. The Morgan fingerprint density at radius 2 is 1.93 bits per heavy atom. The van der Waals surface area contributed by atoms with Crippen molar-refractivity contribution in [2.75, 3.05) is 0 Å². The Morgan fingerprint density at radius 1 is 1.27 bits per heavy atom. The van der Waals surface area contributed by atoms with Crippen molar-refractivity contribution in [3.8, 4) is 0 Å². The Morgan fingerprint density at radius 3 is 2.40 bits per heavy atom. The number of allylic oxidation sites excluding steroid dienone is 2. The van der Waals surface area contributed by atoms with Gasteiger partial charge in [-0.1, -0.05) is 49.2 Å². The van der Waals surface area contributed by atoms with Crippen LogP contribution < -0.4 is 0 Å². The highest BCUT2D eigenvalue weighted by Gasteiger charge is 2.22. The number of rotatable bonds is 3. The summed E-state index contributed by atoms with van der Waals surface area (Å²) in [6.45, 7) is 4.38. The Bertz CT molecular complexity index is 339. The summed E-state index contributed by atoms with van der Waals surface area (Å²) in [5, 5.41) is 0. The van der Waals surface area contributed by atoms with Gasteiger partial charge < -0.3 is 0 Å². The van der Waals surface area contributed by atoms with E-state index in [1.54, 1.807) is 5.57 Å². The van der Waals surface area contributed by atoms with Crippen molar-refractivity contribution < 1.29 is 0 Å². The highest BCUT2D eigenvalue weighted by Crippen LogP contribution is 2.38. The highest BCUT2D eigenvalue weighted by atomic mass is 14.3. The maximum atomic E-state index is 2.41. The molecule has 0 heterocycles. The molecule has 0 aliphatic heterocycles. The van der Waals surface area contributed by atoms with Crippen LogP contribution in [0.1, 0.15) is 43.7 Å². The average Bonchev–Trinajstić information content (AvgIpc) is 2.16. The van der Waals surface area contributed by atoms with Crippen LogP contribution in [0.25, 0.3) is 5.57 Å². The molecule has 2 rings (SSSR count). The molecule has 0 radical (unpaired) electrons. The van der Waals surface area contributed by atoms with Crippen LogP contribution in [0.5, 0.6) is 0 Å². The molecule has 1 aliphatic rings. The molecular weight excluding hydrogens is 180 g/mol. The molecule has 0 bridgehead atoms. The summed E-state index contributed by atoms with van der Waals surface area (Å²) in [5.74, 6) is 0.840. The van der Waals surface area contributed by atoms with Gasteiger partial charge in [-0.15, -0.1) is 0 Å². The fourth-order valence-corrected chi connectivity index (χ4v) is 2.21. The van der Waals surface area contributed by atoms with Crippen LogP contribution in [-0.4, -0.2) is 0 Å². The third kappa shape index (κ3) is 2.31. The molecule has 1 aliphatic carbocycles. The Hall–Kier alpha value is -1.04. The van der Waals surface area contributed by atoms with Crippen molar-refractivity contribution in [3.05, 3.63) is 41.5 Å². The first-order valence-corrected chi connectivity index (χ1v) is 6.08. The largest absolute Gasteiger partial charge is 0.0807 e. The molecule has 1 saturated carbocycles. The minimum absolute atomic E-state index is 0.840. The van der Waals surface area contributed by atoms with Crippen molar-refractivity contribution in [1.82, 2.24) is 0 Å². The monoisotopic (exact) mass is 200 g/mol. The van der Waals surface area contributed by atoms with Gasteiger partial charge in [0.25, 0.3) is 0 Å². The number of hydrogen-bond donors (Lipinski definition) is 0. The van der Waals surface area contributed by atoms with Crippen molar-refractivity contribution in [2.24, 2.45) is 5.92 Å². The summed E-state index contributed by atoms with van der Waals surface area (Å²) in [7, 11) is 0. The first-order chi connectivity index (χ1) is 7.31. The number of benzene rings is 1. The van der Waals surface area contributed by atoms with E-state index in [-0.39, 0.29) is 0 Å². The van der Waals surface area contributed by atoms with Crippen LogP contribution in [0.4, 0.5) is 0 Å². The van der Waals surface area contributed by atoms with Gasteiger partial charge in [-0.2, -0.15) is 0 Å². The molecule has 0 aromatic heterocycles. The second kappa shape index (κ2) is 4.65. The molecule has 1 aromatic carbocycles. The molecule has 0 amide bonds. The summed E-state index contributed by atoms with van der Waals surface area (Å²) in [5.41, 5.74) is 4.37. The number of aryl methyl sites for hydroxylation is 1. The molecule has 1 aromatic rings. The van der Waals surface area contributed by atoms with E-state index in [4.69, 9.17) is 0 Å². The molecule has 0 saturated heterocycles. The maximum Gasteiger partial charge on any atom is -0.0159 e. The molecule has 80 valence electrons. The van der Waals surface area contributed by atoms with Gasteiger partial charge >= 0.3 is 0 Å². The third-order valence-corrected chi connectivity index (χ3v) is 3.35. The fourth-order valence-electron chi connectivity index (χ4n) is 2.21. The molecular formula is C15H20. The van der Waals surface area contributed by atoms with Crippen LogP contribution in [0, 0.1) is 12.8 Å². The minimum atomic E-state index is 0.840. The molecule has 1 fully saturated rings. The zero-order valence-corrected chi connectivity index (χ0v) is 9.79. The molecule has 0 nitrogen and oxygen atoms in total. The van der Waals surface area contributed by atoms with Crippen LogP contribution >= 0.6 is 0 Å². The lowest BCUT2D eigenvalue weighted by molar-refractivity contribution is 0.400. The summed E-state index contributed by atoms with van der Waals surface area (Å²) < 4.78 is 0. The van der Waals surface area contributed by atoms with Gasteiger partial charge in [0.2, 0.25) is 0 Å². The predicted molar refractivity (Wildman–Crippen MR) is 66.8 cm³/mol. The maximum absolute atomic E-state index is 2.41. The minimum Gasteiger partial charge on any atom is -0.0807 e. The lowest BCUT2D eigenvalue weighted by atomic mass is 9.76. The quantitative estimate of drug-likeness (QED) is 0.669. The Kier molecular flexibility index (Phi) is 3.25. The molecule has 0 atom stereocenters. The number of hydrogen-bond acceptors (Lipinski definition) is 0. The summed E-state index contributed by atoms with van der Waals surface area (Å²) in [6, 6.07) is 8.99.